The fourth-order valence-corrected chi connectivity index (χ4v) is 3.59. The Morgan fingerprint density at radius 2 is 2.08 bits per heavy atom. The first-order valence-corrected chi connectivity index (χ1v) is 8.90. The number of carbonyl (C=O) groups excluding carboxylic acids is 3. The molecule has 1 N–H and O–H groups in total. The van der Waals surface area contributed by atoms with Crippen LogP contribution in [0, 0.1) is 11.7 Å². The minimum absolute atomic E-state index is 0.249. The highest BCUT2D eigenvalue weighted by Gasteiger charge is 2.52. The van der Waals surface area contributed by atoms with Crippen LogP contribution in [0.15, 0.2) is 22.7 Å². The Hall–Kier alpha value is -1.96. The van der Waals surface area contributed by atoms with E-state index in [1.54, 1.807) is 0 Å². The first-order chi connectivity index (χ1) is 11.8. The average molecular weight is 413 g/mol. The van der Waals surface area contributed by atoms with E-state index < -0.39 is 35.8 Å². The Morgan fingerprint density at radius 3 is 2.72 bits per heavy atom. The second-order valence-corrected chi connectivity index (χ2v) is 7.55. The predicted octanol–water partition coefficient (Wildman–Crippen LogP) is 2.99. The number of hydrogen-bond acceptors (Lipinski definition) is 4. The van der Waals surface area contributed by atoms with Gasteiger partial charge in [-0.1, -0.05) is 22.9 Å². The number of carbonyl (C=O) groups is 3. The standard InChI is InChI=1S/C17H18BrFN2O4/c1-10-4-6-17(7-5-10)15(23)21(16(24)20-17)9-14(22)25-13-3-2-11(18)8-12(13)19/h2-3,8,10H,4-7,9H2,1H3,(H,20,24). The summed E-state index contributed by atoms with van der Waals surface area (Å²) in [6.45, 7) is 1.56. The molecule has 0 atom stereocenters. The number of amides is 3. The third kappa shape index (κ3) is 3.53. The first kappa shape index (κ1) is 17.8. The van der Waals surface area contributed by atoms with Crippen LogP contribution in [-0.4, -0.2) is 34.9 Å². The lowest BCUT2D eigenvalue weighted by Crippen LogP contribution is -2.49. The molecule has 6 nitrogen and oxygen atoms in total. The second-order valence-electron chi connectivity index (χ2n) is 6.63. The Labute approximate surface area is 152 Å². The van der Waals surface area contributed by atoms with Crippen LogP contribution in [0.3, 0.4) is 0 Å². The van der Waals surface area contributed by atoms with Gasteiger partial charge in [0.05, 0.1) is 0 Å². The predicted molar refractivity (Wildman–Crippen MR) is 90.3 cm³/mol. The summed E-state index contributed by atoms with van der Waals surface area (Å²) in [6, 6.07) is 3.38. The third-order valence-corrected chi connectivity index (χ3v) is 5.27. The number of benzene rings is 1. The Balaban J connectivity index is 1.67. The summed E-state index contributed by atoms with van der Waals surface area (Å²) in [5, 5.41) is 2.73. The molecule has 0 bridgehead atoms. The maximum Gasteiger partial charge on any atom is 0.331 e. The molecule has 0 radical (unpaired) electrons. The lowest BCUT2D eigenvalue weighted by Gasteiger charge is -2.33. The van der Waals surface area contributed by atoms with Crippen molar-refractivity contribution in [2.45, 2.75) is 38.1 Å². The molecule has 1 aliphatic heterocycles. The molecule has 1 saturated heterocycles. The summed E-state index contributed by atoms with van der Waals surface area (Å²) in [6.07, 6.45) is 2.81. The van der Waals surface area contributed by atoms with Crippen LogP contribution in [0.4, 0.5) is 9.18 Å². The normalized spacial score (nSPS) is 26.0. The SMILES string of the molecule is CC1CCC2(CC1)NC(=O)N(CC(=O)Oc1ccc(Br)cc1F)C2=O. The van der Waals surface area contributed by atoms with Gasteiger partial charge in [0.15, 0.2) is 11.6 Å². The van der Waals surface area contributed by atoms with Gasteiger partial charge in [-0.25, -0.2) is 14.0 Å². The van der Waals surface area contributed by atoms with Crippen LogP contribution >= 0.6 is 15.9 Å². The smallest absolute Gasteiger partial charge is 0.331 e. The van der Waals surface area contributed by atoms with Gasteiger partial charge in [0.25, 0.3) is 5.91 Å². The lowest BCUT2D eigenvalue weighted by atomic mass is 9.77. The van der Waals surface area contributed by atoms with Crippen LogP contribution < -0.4 is 10.1 Å². The highest BCUT2D eigenvalue weighted by atomic mass is 79.9. The van der Waals surface area contributed by atoms with Gasteiger partial charge in [-0.05, 0) is 49.8 Å². The van der Waals surface area contributed by atoms with E-state index in [1.165, 1.54) is 12.1 Å². The van der Waals surface area contributed by atoms with Crippen molar-refractivity contribution in [2.75, 3.05) is 6.54 Å². The molecule has 1 aliphatic carbocycles. The molecule has 2 aliphatic rings. The van der Waals surface area contributed by atoms with E-state index in [1.807, 2.05) is 0 Å². The number of nitrogens with zero attached hydrogens (tertiary/aromatic N) is 1. The van der Waals surface area contributed by atoms with Crippen LogP contribution in [0.1, 0.15) is 32.6 Å². The van der Waals surface area contributed by atoms with Crippen molar-refractivity contribution >= 4 is 33.8 Å². The van der Waals surface area contributed by atoms with Crippen molar-refractivity contribution in [1.29, 1.82) is 0 Å². The maximum absolute atomic E-state index is 13.7. The molecule has 25 heavy (non-hydrogen) atoms. The van der Waals surface area contributed by atoms with Gasteiger partial charge in [0.1, 0.15) is 12.1 Å². The minimum atomic E-state index is -0.910. The van der Waals surface area contributed by atoms with Gasteiger partial charge in [-0.15, -0.1) is 0 Å². The lowest BCUT2D eigenvalue weighted by molar-refractivity contribution is -0.141. The molecule has 1 heterocycles. The van der Waals surface area contributed by atoms with E-state index in [0.29, 0.717) is 23.2 Å². The molecule has 134 valence electrons. The highest BCUT2D eigenvalue weighted by Crippen LogP contribution is 2.36. The molecule has 3 amide bonds. The monoisotopic (exact) mass is 412 g/mol. The van der Waals surface area contributed by atoms with Gasteiger partial charge in [0.2, 0.25) is 0 Å². The van der Waals surface area contributed by atoms with E-state index in [9.17, 15) is 18.8 Å². The maximum atomic E-state index is 13.7. The molecule has 2 fully saturated rings. The molecule has 3 rings (SSSR count). The minimum Gasteiger partial charge on any atom is -0.422 e. The van der Waals surface area contributed by atoms with E-state index in [2.05, 4.69) is 28.2 Å². The van der Waals surface area contributed by atoms with E-state index in [4.69, 9.17) is 4.74 Å². The van der Waals surface area contributed by atoms with Crippen molar-refractivity contribution in [1.82, 2.24) is 10.2 Å². The highest BCUT2D eigenvalue weighted by molar-refractivity contribution is 9.10. The van der Waals surface area contributed by atoms with E-state index in [-0.39, 0.29) is 5.75 Å². The topological polar surface area (TPSA) is 75.7 Å². The van der Waals surface area contributed by atoms with Crippen molar-refractivity contribution in [3.05, 3.63) is 28.5 Å². The van der Waals surface area contributed by atoms with Crippen molar-refractivity contribution in [2.24, 2.45) is 5.92 Å². The number of nitrogens with one attached hydrogen (secondary N) is 1. The summed E-state index contributed by atoms with van der Waals surface area (Å²) in [7, 11) is 0. The van der Waals surface area contributed by atoms with Gasteiger partial charge in [-0.2, -0.15) is 0 Å². The molecule has 0 aromatic heterocycles. The number of esters is 1. The van der Waals surface area contributed by atoms with Gasteiger partial charge >= 0.3 is 12.0 Å². The number of imide groups is 1. The molecule has 8 heteroatoms. The molecule has 1 aromatic carbocycles. The van der Waals surface area contributed by atoms with E-state index >= 15 is 0 Å². The Kier molecular flexibility index (Phi) is 4.81. The number of rotatable bonds is 3. The summed E-state index contributed by atoms with van der Waals surface area (Å²) in [5.41, 5.74) is -0.910. The number of urea groups is 1. The molecular weight excluding hydrogens is 395 g/mol. The first-order valence-electron chi connectivity index (χ1n) is 8.10. The third-order valence-electron chi connectivity index (χ3n) is 4.78. The second kappa shape index (κ2) is 6.74. The average Bonchev–Trinajstić information content (AvgIpc) is 2.78. The molecule has 0 unspecified atom stereocenters. The van der Waals surface area contributed by atoms with Crippen LogP contribution in [0.25, 0.3) is 0 Å². The van der Waals surface area contributed by atoms with Crippen LogP contribution in [0.5, 0.6) is 5.75 Å². The largest absolute Gasteiger partial charge is 0.422 e. The number of halogens is 2. The summed E-state index contributed by atoms with van der Waals surface area (Å²) in [4.78, 5) is 37.7. The molecular formula is C17H18BrFN2O4. The van der Waals surface area contributed by atoms with Gasteiger partial charge in [-0.3, -0.25) is 9.69 Å². The van der Waals surface area contributed by atoms with Crippen molar-refractivity contribution < 1.29 is 23.5 Å². The zero-order valence-corrected chi connectivity index (χ0v) is 15.3. The van der Waals surface area contributed by atoms with Crippen molar-refractivity contribution in [3.8, 4) is 5.75 Å². The summed E-state index contributed by atoms with van der Waals surface area (Å²) in [5.74, 6) is -1.72. The summed E-state index contributed by atoms with van der Waals surface area (Å²) >= 11 is 3.11. The molecule has 1 aromatic rings. The molecule has 1 spiro atoms. The van der Waals surface area contributed by atoms with Gasteiger partial charge in [0, 0.05) is 4.47 Å². The number of hydrogen-bond donors (Lipinski definition) is 1. The fourth-order valence-electron chi connectivity index (χ4n) is 3.26. The fraction of sp³-hybridized carbons (Fsp3) is 0.471. The van der Waals surface area contributed by atoms with Gasteiger partial charge < -0.3 is 10.1 Å². The van der Waals surface area contributed by atoms with Crippen LogP contribution in [-0.2, 0) is 9.59 Å². The Morgan fingerprint density at radius 1 is 1.40 bits per heavy atom. The zero-order chi connectivity index (χ0) is 18.2. The zero-order valence-electron chi connectivity index (χ0n) is 13.7. The van der Waals surface area contributed by atoms with Crippen molar-refractivity contribution in [3.63, 3.8) is 0 Å². The molecule has 1 saturated carbocycles. The summed E-state index contributed by atoms with van der Waals surface area (Å²) < 4.78 is 19.2. The Bertz CT molecular complexity index is 731. The van der Waals surface area contributed by atoms with Crippen LogP contribution in [0.2, 0.25) is 0 Å². The quantitative estimate of drug-likeness (QED) is 0.470. The number of ether oxygens (including phenoxy) is 1. The van der Waals surface area contributed by atoms with E-state index in [0.717, 1.165) is 23.8 Å².